The highest BCUT2D eigenvalue weighted by Gasteiger charge is 2.30. The molecule has 2 atom stereocenters. The molecule has 0 bridgehead atoms. The van der Waals surface area contributed by atoms with Crippen molar-refractivity contribution in [2.24, 2.45) is 0 Å². The summed E-state index contributed by atoms with van der Waals surface area (Å²) in [6, 6.07) is 12.5. The maximum Gasteiger partial charge on any atom is 0.246 e. The molecule has 1 fully saturated rings. The van der Waals surface area contributed by atoms with Crippen molar-refractivity contribution in [3.8, 4) is 0 Å². The van der Waals surface area contributed by atoms with Crippen LogP contribution in [0.3, 0.4) is 0 Å². The number of halogens is 3. The molecule has 2 aromatic rings. The third kappa shape index (κ3) is 5.22. The monoisotopic (exact) mass is 464 g/mol. The van der Waals surface area contributed by atoms with Gasteiger partial charge in [-0.2, -0.15) is 0 Å². The molecule has 3 rings (SSSR count). The molecular weight excluding hydrogens is 443 g/mol. The lowest BCUT2D eigenvalue weighted by molar-refractivity contribution is -0.131. The van der Waals surface area contributed by atoms with Crippen LogP contribution in [0.5, 0.6) is 0 Å². The van der Waals surface area contributed by atoms with E-state index in [0.29, 0.717) is 11.6 Å². The highest BCUT2D eigenvalue weighted by atomic mass is 79.9. The fourth-order valence-corrected chi connectivity index (χ4v) is 3.94. The van der Waals surface area contributed by atoms with Gasteiger partial charge in [0.05, 0.1) is 5.02 Å². The second-order valence-corrected chi connectivity index (χ2v) is 8.51. The standard InChI is InChI=1S/C22H23BrClFN2O/c1-15-13-27(22(28)10-6-17-5-9-21(24)20(23)11-17)16(2)12-26(15)14-18-3-7-19(25)8-4-18/h3-11,15-16H,12-14H2,1-2H3/t15-,16+/m1/s1. The van der Waals surface area contributed by atoms with Crippen LogP contribution in [-0.4, -0.2) is 40.9 Å². The van der Waals surface area contributed by atoms with Gasteiger partial charge < -0.3 is 4.90 Å². The number of hydrogen-bond acceptors (Lipinski definition) is 2. The Hall–Kier alpha value is -1.69. The third-order valence-corrected chi connectivity index (χ3v) is 6.27. The van der Waals surface area contributed by atoms with E-state index in [4.69, 9.17) is 11.6 Å². The van der Waals surface area contributed by atoms with Gasteiger partial charge in [-0.1, -0.05) is 29.8 Å². The van der Waals surface area contributed by atoms with Crippen molar-refractivity contribution in [2.45, 2.75) is 32.5 Å². The zero-order chi connectivity index (χ0) is 20.3. The average Bonchev–Trinajstić information content (AvgIpc) is 2.67. The molecule has 0 aromatic heterocycles. The molecule has 1 aliphatic heterocycles. The van der Waals surface area contributed by atoms with E-state index in [1.807, 2.05) is 35.2 Å². The van der Waals surface area contributed by atoms with Gasteiger partial charge in [0, 0.05) is 42.3 Å². The van der Waals surface area contributed by atoms with Gasteiger partial charge in [0.25, 0.3) is 0 Å². The Labute approximate surface area is 178 Å². The summed E-state index contributed by atoms with van der Waals surface area (Å²) >= 11 is 9.41. The number of rotatable bonds is 4. The molecule has 0 radical (unpaired) electrons. The Morgan fingerprint density at radius 1 is 1.18 bits per heavy atom. The zero-order valence-corrected chi connectivity index (χ0v) is 18.3. The largest absolute Gasteiger partial charge is 0.334 e. The zero-order valence-electron chi connectivity index (χ0n) is 15.9. The summed E-state index contributed by atoms with van der Waals surface area (Å²) in [6.45, 7) is 6.38. The van der Waals surface area contributed by atoms with Crippen LogP contribution in [0.4, 0.5) is 4.39 Å². The lowest BCUT2D eigenvalue weighted by Gasteiger charge is -2.44. The van der Waals surface area contributed by atoms with Crippen molar-refractivity contribution < 1.29 is 9.18 Å². The Bertz CT molecular complexity index is 871. The number of hydrogen-bond donors (Lipinski definition) is 0. The predicted octanol–water partition coefficient (Wildman–Crippen LogP) is 5.38. The Morgan fingerprint density at radius 2 is 1.89 bits per heavy atom. The smallest absolute Gasteiger partial charge is 0.246 e. The Balaban J connectivity index is 1.62. The number of piperazine rings is 1. The van der Waals surface area contributed by atoms with E-state index in [9.17, 15) is 9.18 Å². The van der Waals surface area contributed by atoms with Gasteiger partial charge in [0.1, 0.15) is 5.82 Å². The highest BCUT2D eigenvalue weighted by molar-refractivity contribution is 9.10. The van der Waals surface area contributed by atoms with E-state index >= 15 is 0 Å². The van der Waals surface area contributed by atoms with Crippen LogP contribution in [0.2, 0.25) is 5.02 Å². The molecule has 3 nitrogen and oxygen atoms in total. The van der Waals surface area contributed by atoms with E-state index in [2.05, 4.69) is 34.7 Å². The normalized spacial score (nSPS) is 20.7. The molecule has 0 saturated carbocycles. The second-order valence-electron chi connectivity index (χ2n) is 7.25. The van der Waals surface area contributed by atoms with Crippen LogP contribution in [0.25, 0.3) is 6.08 Å². The predicted molar refractivity (Wildman–Crippen MR) is 116 cm³/mol. The van der Waals surface area contributed by atoms with Gasteiger partial charge in [0.15, 0.2) is 0 Å². The molecule has 6 heteroatoms. The fourth-order valence-electron chi connectivity index (χ4n) is 3.43. The number of benzene rings is 2. The second kappa shape index (κ2) is 9.21. The number of carbonyl (C=O) groups excluding carboxylic acids is 1. The first-order valence-electron chi connectivity index (χ1n) is 9.25. The van der Waals surface area contributed by atoms with Crippen molar-refractivity contribution in [1.82, 2.24) is 9.80 Å². The van der Waals surface area contributed by atoms with Gasteiger partial charge in [0.2, 0.25) is 5.91 Å². The van der Waals surface area contributed by atoms with Crippen LogP contribution in [0.15, 0.2) is 53.0 Å². The molecule has 2 aromatic carbocycles. The van der Waals surface area contributed by atoms with Gasteiger partial charge in [-0.25, -0.2) is 4.39 Å². The molecule has 148 valence electrons. The lowest BCUT2D eigenvalue weighted by Crippen LogP contribution is -2.57. The minimum absolute atomic E-state index is 0.00635. The van der Waals surface area contributed by atoms with Crippen LogP contribution in [-0.2, 0) is 11.3 Å². The first-order chi connectivity index (χ1) is 13.3. The van der Waals surface area contributed by atoms with Crippen molar-refractivity contribution in [3.63, 3.8) is 0 Å². The lowest BCUT2D eigenvalue weighted by atomic mass is 10.1. The molecule has 0 N–H and O–H groups in total. The number of amides is 1. The molecular formula is C22H23BrClFN2O. The van der Waals surface area contributed by atoms with Crippen molar-refractivity contribution in [3.05, 3.63) is 75.0 Å². The van der Waals surface area contributed by atoms with Crippen molar-refractivity contribution in [1.29, 1.82) is 0 Å². The summed E-state index contributed by atoms with van der Waals surface area (Å²) in [5.41, 5.74) is 1.99. The van der Waals surface area contributed by atoms with Gasteiger partial charge in [-0.3, -0.25) is 9.69 Å². The molecule has 0 spiro atoms. The average molecular weight is 466 g/mol. The first-order valence-corrected chi connectivity index (χ1v) is 10.4. The van der Waals surface area contributed by atoms with Crippen LogP contribution in [0, 0.1) is 5.82 Å². The van der Waals surface area contributed by atoms with Gasteiger partial charge >= 0.3 is 0 Å². The van der Waals surface area contributed by atoms with E-state index in [0.717, 1.165) is 28.7 Å². The van der Waals surface area contributed by atoms with E-state index in [1.165, 1.54) is 12.1 Å². The van der Waals surface area contributed by atoms with Gasteiger partial charge in [-0.15, -0.1) is 0 Å². The van der Waals surface area contributed by atoms with E-state index in [-0.39, 0.29) is 23.8 Å². The maximum atomic E-state index is 13.1. The fraction of sp³-hybridized carbons (Fsp3) is 0.318. The minimum atomic E-state index is -0.222. The maximum absolute atomic E-state index is 13.1. The molecule has 1 aliphatic rings. The molecule has 0 aliphatic carbocycles. The van der Waals surface area contributed by atoms with Crippen LogP contribution in [0.1, 0.15) is 25.0 Å². The molecule has 1 saturated heterocycles. The number of carbonyl (C=O) groups is 1. The SMILES string of the molecule is C[C@@H]1CN(C(=O)C=Cc2ccc(Cl)c(Br)c2)[C@@H](C)CN1Cc1ccc(F)cc1. The highest BCUT2D eigenvalue weighted by Crippen LogP contribution is 2.24. The summed E-state index contributed by atoms with van der Waals surface area (Å²) in [5.74, 6) is -0.216. The first kappa shape index (κ1) is 21.0. The molecule has 1 heterocycles. The minimum Gasteiger partial charge on any atom is -0.334 e. The van der Waals surface area contributed by atoms with Crippen LogP contribution < -0.4 is 0 Å². The van der Waals surface area contributed by atoms with Crippen molar-refractivity contribution >= 4 is 39.5 Å². The Kier molecular flexibility index (Phi) is 6.91. The van der Waals surface area contributed by atoms with E-state index < -0.39 is 0 Å². The number of nitrogens with zero attached hydrogens (tertiary/aromatic N) is 2. The molecule has 0 unspecified atom stereocenters. The van der Waals surface area contributed by atoms with Gasteiger partial charge in [-0.05, 0) is 71.2 Å². The summed E-state index contributed by atoms with van der Waals surface area (Å²) in [5, 5.41) is 0.642. The van der Waals surface area contributed by atoms with E-state index in [1.54, 1.807) is 12.1 Å². The third-order valence-electron chi connectivity index (χ3n) is 5.06. The summed E-state index contributed by atoms with van der Waals surface area (Å²) < 4.78 is 13.9. The topological polar surface area (TPSA) is 23.6 Å². The summed E-state index contributed by atoms with van der Waals surface area (Å²) in [4.78, 5) is 17.0. The summed E-state index contributed by atoms with van der Waals surface area (Å²) in [6.07, 6.45) is 3.43. The quantitative estimate of drug-likeness (QED) is 0.566. The summed E-state index contributed by atoms with van der Waals surface area (Å²) in [7, 11) is 0. The molecule has 28 heavy (non-hydrogen) atoms. The Morgan fingerprint density at radius 3 is 2.57 bits per heavy atom. The van der Waals surface area contributed by atoms with Crippen LogP contribution >= 0.6 is 27.5 Å². The molecule has 1 amide bonds. The van der Waals surface area contributed by atoms with Crippen molar-refractivity contribution in [2.75, 3.05) is 13.1 Å².